The van der Waals surface area contributed by atoms with E-state index in [0.29, 0.717) is 24.0 Å². The van der Waals surface area contributed by atoms with Crippen molar-refractivity contribution >= 4 is 5.91 Å². The highest BCUT2D eigenvalue weighted by Crippen LogP contribution is 2.18. The molecule has 0 radical (unpaired) electrons. The molecule has 7 nitrogen and oxygen atoms in total. The molecule has 2 aliphatic heterocycles. The van der Waals surface area contributed by atoms with Gasteiger partial charge in [-0.25, -0.2) is 4.98 Å². The van der Waals surface area contributed by atoms with Gasteiger partial charge in [-0.3, -0.25) is 14.6 Å². The van der Waals surface area contributed by atoms with Crippen molar-refractivity contribution in [2.24, 2.45) is 5.92 Å². The number of aliphatic hydroxyl groups is 1. The second-order valence-corrected chi connectivity index (χ2v) is 7.74. The van der Waals surface area contributed by atoms with Crippen LogP contribution in [0.1, 0.15) is 49.5 Å². The predicted molar refractivity (Wildman–Crippen MR) is 98.8 cm³/mol. The largest absolute Gasteiger partial charge is 0.447 e. The van der Waals surface area contributed by atoms with Crippen molar-refractivity contribution in [2.75, 3.05) is 45.8 Å². The van der Waals surface area contributed by atoms with Crippen LogP contribution in [0.25, 0.3) is 0 Å². The molecule has 26 heavy (non-hydrogen) atoms. The molecule has 3 rings (SSSR count). The van der Waals surface area contributed by atoms with Crippen molar-refractivity contribution in [3.63, 3.8) is 0 Å². The molecular formula is C19H32N4O3. The number of carbonyl (C=O) groups excluding carboxylic acids is 1. The van der Waals surface area contributed by atoms with E-state index in [0.717, 1.165) is 65.1 Å². The Kier molecular flexibility index (Phi) is 6.67. The van der Waals surface area contributed by atoms with Crippen molar-refractivity contribution < 1.29 is 14.3 Å². The van der Waals surface area contributed by atoms with Crippen LogP contribution in [0.3, 0.4) is 0 Å². The first-order chi connectivity index (χ1) is 12.5. The summed E-state index contributed by atoms with van der Waals surface area (Å²) in [6, 6.07) is 0. The third kappa shape index (κ3) is 5.05. The molecule has 2 saturated heterocycles. The molecule has 0 bridgehead atoms. The van der Waals surface area contributed by atoms with Gasteiger partial charge in [0.05, 0.1) is 12.6 Å². The Labute approximate surface area is 156 Å². The number of aromatic nitrogens is 1. The number of nitrogens with zero attached hydrogens (tertiary/aromatic N) is 4. The van der Waals surface area contributed by atoms with Crippen LogP contribution in [0.4, 0.5) is 0 Å². The van der Waals surface area contributed by atoms with Crippen LogP contribution < -0.4 is 0 Å². The minimum Gasteiger partial charge on any atom is -0.447 e. The maximum Gasteiger partial charge on any atom is 0.275 e. The van der Waals surface area contributed by atoms with Gasteiger partial charge in [-0.2, -0.15) is 0 Å². The summed E-state index contributed by atoms with van der Waals surface area (Å²) in [5.41, 5.74) is 0.430. The summed E-state index contributed by atoms with van der Waals surface area (Å²) in [5, 5.41) is 9.77. The minimum atomic E-state index is -0.236. The van der Waals surface area contributed by atoms with Gasteiger partial charge in [-0.1, -0.05) is 13.8 Å². The molecule has 1 amide bonds. The maximum atomic E-state index is 12.5. The standard InChI is InChI=1S/C19H32N4O3/c1-3-16(24)12-21-8-10-22(11-9-21)13-18-20-17(14-26-18)19(25)23-6-4-15(2)5-7-23/h14-16,24H,3-13H2,1-2H3. The van der Waals surface area contributed by atoms with Gasteiger partial charge in [0.1, 0.15) is 6.26 Å². The number of β-amino-alcohol motifs (C(OH)–C–C–N with tert-alkyl or cyclic N) is 1. The van der Waals surface area contributed by atoms with Crippen LogP contribution in [0.15, 0.2) is 10.7 Å². The van der Waals surface area contributed by atoms with Gasteiger partial charge >= 0.3 is 0 Å². The maximum absolute atomic E-state index is 12.5. The van der Waals surface area contributed by atoms with Gasteiger partial charge in [-0.15, -0.1) is 0 Å². The van der Waals surface area contributed by atoms with E-state index in [1.807, 2.05) is 11.8 Å². The summed E-state index contributed by atoms with van der Waals surface area (Å²) in [7, 11) is 0. The first-order valence-corrected chi connectivity index (χ1v) is 9.91. The molecule has 146 valence electrons. The zero-order valence-electron chi connectivity index (χ0n) is 16.1. The third-order valence-electron chi connectivity index (χ3n) is 5.61. The van der Waals surface area contributed by atoms with E-state index in [2.05, 4.69) is 21.7 Å². The van der Waals surface area contributed by atoms with Gasteiger partial charge in [0, 0.05) is 45.8 Å². The lowest BCUT2D eigenvalue weighted by molar-refractivity contribution is 0.0658. The van der Waals surface area contributed by atoms with E-state index < -0.39 is 0 Å². The Morgan fingerprint density at radius 3 is 2.54 bits per heavy atom. The summed E-state index contributed by atoms with van der Waals surface area (Å²) in [5.74, 6) is 1.30. The normalized spacial score (nSPS) is 21.9. The molecule has 3 heterocycles. The van der Waals surface area contributed by atoms with Crippen LogP contribution in [-0.2, 0) is 6.54 Å². The molecule has 1 atom stereocenters. The Morgan fingerprint density at radius 2 is 1.88 bits per heavy atom. The van der Waals surface area contributed by atoms with Crippen molar-refractivity contribution in [3.8, 4) is 0 Å². The number of rotatable bonds is 6. The Bertz CT molecular complexity index is 575. The van der Waals surface area contributed by atoms with Crippen molar-refractivity contribution in [2.45, 2.75) is 45.8 Å². The molecular weight excluding hydrogens is 332 g/mol. The molecule has 1 N–H and O–H groups in total. The number of oxazole rings is 1. The third-order valence-corrected chi connectivity index (χ3v) is 5.61. The smallest absolute Gasteiger partial charge is 0.275 e. The van der Waals surface area contributed by atoms with Crippen molar-refractivity contribution in [1.29, 1.82) is 0 Å². The van der Waals surface area contributed by atoms with Crippen LogP contribution >= 0.6 is 0 Å². The average Bonchev–Trinajstić information content (AvgIpc) is 3.12. The van der Waals surface area contributed by atoms with Gasteiger partial charge in [0.25, 0.3) is 5.91 Å². The molecule has 0 aliphatic carbocycles. The van der Waals surface area contributed by atoms with E-state index in [4.69, 9.17) is 4.42 Å². The lowest BCUT2D eigenvalue weighted by Crippen LogP contribution is -2.48. The zero-order valence-corrected chi connectivity index (χ0v) is 16.1. The lowest BCUT2D eigenvalue weighted by atomic mass is 9.99. The Morgan fingerprint density at radius 1 is 1.23 bits per heavy atom. The number of hydrogen-bond donors (Lipinski definition) is 1. The monoisotopic (exact) mass is 364 g/mol. The number of hydrogen-bond acceptors (Lipinski definition) is 6. The second kappa shape index (κ2) is 8.97. The zero-order chi connectivity index (χ0) is 18.5. The number of piperidine rings is 1. The fraction of sp³-hybridized carbons (Fsp3) is 0.789. The first-order valence-electron chi connectivity index (χ1n) is 9.91. The number of amides is 1. The molecule has 0 spiro atoms. The number of likely N-dealkylation sites (tertiary alicyclic amines) is 1. The first kappa shape index (κ1) is 19.3. The number of carbonyl (C=O) groups is 1. The molecule has 2 aliphatic rings. The molecule has 0 saturated carbocycles. The van der Waals surface area contributed by atoms with Gasteiger partial charge in [0.15, 0.2) is 5.69 Å². The topological polar surface area (TPSA) is 73.1 Å². The van der Waals surface area contributed by atoms with Gasteiger partial charge in [-0.05, 0) is 25.2 Å². The van der Waals surface area contributed by atoms with Gasteiger partial charge < -0.3 is 14.4 Å². The van der Waals surface area contributed by atoms with Crippen LogP contribution in [0, 0.1) is 5.92 Å². The Hall–Kier alpha value is -1.44. The molecule has 1 aromatic heterocycles. The summed E-state index contributed by atoms with van der Waals surface area (Å²) in [6.07, 6.45) is 4.19. The highest BCUT2D eigenvalue weighted by Gasteiger charge is 2.25. The van der Waals surface area contributed by atoms with Crippen molar-refractivity contribution in [1.82, 2.24) is 19.7 Å². The molecule has 1 aromatic rings. The SMILES string of the molecule is CCC(O)CN1CCN(Cc2nc(C(=O)N3CCC(C)CC3)co2)CC1. The molecule has 1 unspecified atom stereocenters. The lowest BCUT2D eigenvalue weighted by Gasteiger charge is -2.34. The summed E-state index contributed by atoms with van der Waals surface area (Å²) in [4.78, 5) is 23.4. The summed E-state index contributed by atoms with van der Waals surface area (Å²) < 4.78 is 5.56. The average molecular weight is 364 g/mol. The summed E-state index contributed by atoms with van der Waals surface area (Å²) >= 11 is 0. The van der Waals surface area contributed by atoms with Gasteiger partial charge in [0.2, 0.25) is 5.89 Å². The van der Waals surface area contributed by atoms with E-state index >= 15 is 0 Å². The van der Waals surface area contributed by atoms with E-state index in [1.165, 1.54) is 6.26 Å². The summed E-state index contributed by atoms with van der Waals surface area (Å²) in [6.45, 7) is 11.0. The number of aliphatic hydroxyl groups excluding tert-OH is 1. The fourth-order valence-corrected chi connectivity index (χ4v) is 3.60. The van der Waals surface area contributed by atoms with Crippen LogP contribution in [0.5, 0.6) is 0 Å². The highest BCUT2D eigenvalue weighted by molar-refractivity contribution is 5.92. The Balaban J connectivity index is 1.46. The van der Waals surface area contributed by atoms with Crippen LogP contribution in [0.2, 0.25) is 0 Å². The van der Waals surface area contributed by atoms with E-state index in [-0.39, 0.29) is 12.0 Å². The second-order valence-electron chi connectivity index (χ2n) is 7.74. The van der Waals surface area contributed by atoms with Crippen LogP contribution in [-0.4, -0.2) is 82.6 Å². The highest BCUT2D eigenvalue weighted by atomic mass is 16.3. The van der Waals surface area contributed by atoms with E-state index in [9.17, 15) is 9.90 Å². The molecule has 0 aromatic carbocycles. The predicted octanol–water partition coefficient (Wildman–Crippen LogP) is 1.44. The number of piperazine rings is 1. The quantitative estimate of drug-likeness (QED) is 0.823. The molecule has 7 heteroatoms. The molecule has 2 fully saturated rings. The minimum absolute atomic E-state index is 0.00901. The van der Waals surface area contributed by atoms with Crippen molar-refractivity contribution in [3.05, 3.63) is 17.8 Å². The van der Waals surface area contributed by atoms with E-state index in [1.54, 1.807) is 0 Å². The fourth-order valence-electron chi connectivity index (χ4n) is 3.60.